The lowest BCUT2D eigenvalue weighted by atomic mass is 9.92. The number of hydrogen-bond donors (Lipinski definition) is 1. The molecule has 16 heavy (non-hydrogen) atoms. The van der Waals surface area contributed by atoms with Crippen LogP contribution in [-0.2, 0) is 6.42 Å². The van der Waals surface area contributed by atoms with E-state index in [1.165, 1.54) is 0 Å². The van der Waals surface area contributed by atoms with Gasteiger partial charge in [-0.2, -0.15) is 0 Å². The van der Waals surface area contributed by atoms with Crippen LogP contribution in [0.1, 0.15) is 32.3 Å². The van der Waals surface area contributed by atoms with Crippen LogP contribution in [0.25, 0.3) is 0 Å². The Balaban J connectivity index is 2.87. The molecule has 1 unspecified atom stereocenters. The highest BCUT2D eigenvalue weighted by Gasteiger charge is 2.21. The van der Waals surface area contributed by atoms with Gasteiger partial charge in [0.15, 0.2) is 0 Å². The Morgan fingerprint density at radius 1 is 1.44 bits per heavy atom. The van der Waals surface area contributed by atoms with Gasteiger partial charge in [-0.1, -0.05) is 29.3 Å². The van der Waals surface area contributed by atoms with Crippen LogP contribution in [0.2, 0.25) is 0 Å². The number of rotatable bonds is 5. The first-order chi connectivity index (χ1) is 7.48. The summed E-state index contributed by atoms with van der Waals surface area (Å²) in [7, 11) is 1.65. The fraction of sp³-hybridized carbons (Fsp3) is 0.538. The van der Waals surface area contributed by atoms with Gasteiger partial charge < -0.3 is 9.84 Å². The molecular weight excluding hydrogens is 268 g/mol. The van der Waals surface area contributed by atoms with Crippen LogP contribution in [0.15, 0.2) is 22.7 Å². The van der Waals surface area contributed by atoms with E-state index in [9.17, 15) is 5.11 Å². The molecule has 0 aliphatic heterocycles. The van der Waals surface area contributed by atoms with Crippen molar-refractivity contribution in [2.75, 3.05) is 7.11 Å². The summed E-state index contributed by atoms with van der Waals surface area (Å²) >= 11 is 3.50. The molecule has 1 rings (SSSR count). The van der Waals surface area contributed by atoms with Crippen LogP contribution in [0.3, 0.4) is 0 Å². The summed E-state index contributed by atoms with van der Waals surface area (Å²) in [6.07, 6.45) is 2.42. The van der Waals surface area contributed by atoms with Crippen molar-refractivity contribution in [3.8, 4) is 5.75 Å². The Labute approximate surface area is 106 Å². The maximum Gasteiger partial charge on any atom is 0.119 e. The van der Waals surface area contributed by atoms with Gasteiger partial charge in [0.05, 0.1) is 12.7 Å². The fourth-order valence-corrected chi connectivity index (χ4v) is 2.24. The normalized spacial score (nSPS) is 14.6. The second kappa shape index (κ2) is 5.69. The summed E-state index contributed by atoms with van der Waals surface area (Å²) in [5.74, 6) is 0.825. The zero-order valence-electron chi connectivity index (χ0n) is 10.1. The Hall–Kier alpha value is -0.540. The van der Waals surface area contributed by atoms with E-state index < -0.39 is 5.60 Å². The second-order valence-corrected chi connectivity index (χ2v) is 5.24. The maximum absolute atomic E-state index is 10.2. The minimum Gasteiger partial charge on any atom is -0.497 e. The third-order valence-corrected chi connectivity index (χ3v) is 3.39. The third kappa shape index (κ3) is 3.80. The highest BCUT2D eigenvalue weighted by atomic mass is 79.9. The minimum atomic E-state index is -0.649. The molecule has 1 aromatic rings. The first-order valence-electron chi connectivity index (χ1n) is 5.53. The van der Waals surface area contributed by atoms with Crippen molar-refractivity contribution in [1.29, 1.82) is 0 Å². The van der Waals surface area contributed by atoms with Gasteiger partial charge in [-0.15, -0.1) is 0 Å². The third-order valence-electron chi connectivity index (χ3n) is 2.61. The van der Waals surface area contributed by atoms with Crippen molar-refractivity contribution in [2.45, 2.75) is 38.7 Å². The first kappa shape index (κ1) is 13.5. The van der Waals surface area contributed by atoms with Gasteiger partial charge in [-0.05, 0) is 37.1 Å². The van der Waals surface area contributed by atoms with Crippen LogP contribution in [0.5, 0.6) is 5.75 Å². The standard InChI is InChI=1S/C13H19BrO2/c1-4-7-13(2,15)9-10-8-11(16-3)5-6-12(10)14/h5-6,8,15H,4,7,9H2,1-3H3. The molecule has 1 atom stereocenters. The topological polar surface area (TPSA) is 29.5 Å². The molecule has 0 aliphatic rings. The van der Waals surface area contributed by atoms with Gasteiger partial charge in [-0.25, -0.2) is 0 Å². The van der Waals surface area contributed by atoms with Gasteiger partial charge in [0.2, 0.25) is 0 Å². The molecule has 0 saturated carbocycles. The molecule has 0 bridgehead atoms. The van der Waals surface area contributed by atoms with Gasteiger partial charge in [0, 0.05) is 10.9 Å². The van der Waals surface area contributed by atoms with Gasteiger partial charge in [-0.3, -0.25) is 0 Å². The van der Waals surface area contributed by atoms with Gasteiger partial charge in [0.25, 0.3) is 0 Å². The number of aliphatic hydroxyl groups is 1. The average Bonchev–Trinajstić information content (AvgIpc) is 2.21. The summed E-state index contributed by atoms with van der Waals surface area (Å²) in [5, 5.41) is 10.2. The predicted molar refractivity (Wildman–Crippen MR) is 69.9 cm³/mol. The molecule has 1 aromatic carbocycles. The van der Waals surface area contributed by atoms with Crippen LogP contribution >= 0.6 is 15.9 Å². The Kier molecular flexibility index (Phi) is 4.81. The lowest BCUT2D eigenvalue weighted by molar-refractivity contribution is 0.0503. The smallest absolute Gasteiger partial charge is 0.119 e. The van der Waals surface area contributed by atoms with Crippen LogP contribution in [-0.4, -0.2) is 17.8 Å². The van der Waals surface area contributed by atoms with Crippen LogP contribution < -0.4 is 4.74 Å². The van der Waals surface area contributed by atoms with E-state index in [2.05, 4.69) is 22.9 Å². The van der Waals surface area contributed by atoms with E-state index in [1.807, 2.05) is 25.1 Å². The Morgan fingerprint density at radius 3 is 2.69 bits per heavy atom. The zero-order valence-corrected chi connectivity index (χ0v) is 11.7. The molecule has 0 aromatic heterocycles. The Morgan fingerprint density at radius 2 is 2.12 bits per heavy atom. The molecule has 0 radical (unpaired) electrons. The van der Waals surface area contributed by atoms with Crippen molar-refractivity contribution >= 4 is 15.9 Å². The monoisotopic (exact) mass is 286 g/mol. The summed E-state index contributed by atoms with van der Waals surface area (Å²) in [4.78, 5) is 0. The molecule has 1 N–H and O–H groups in total. The highest BCUT2D eigenvalue weighted by Crippen LogP contribution is 2.27. The molecule has 0 saturated heterocycles. The maximum atomic E-state index is 10.2. The fourth-order valence-electron chi connectivity index (χ4n) is 1.85. The molecule has 2 nitrogen and oxygen atoms in total. The molecular formula is C13H19BrO2. The van der Waals surface area contributed by atoms with E-state index >= 15 is 0 Å². The lowest BCUT2D eigenvalue weighted by Gasteiger charge is -2.23. The number of benzene rings is 1. The van der Waals surface area contributed by atoms with E-state index in [0.717, 1.165) is 28.6 Å². The number of halogens is 1. The quantitative estimate of drug-likeness (QED) is 0.897. The van der Waals surface area contributed by atoms with Crippen molar-refractivity contribution in [3.05, 3.63) is 28.2 Å². The zero-order chi connectivity index (χ0) is 12.2. The number of hydrogen-bond acceptors (Lipinski definition) is 2. The van der Waals surface area contributed by atoms with Crippen molar-refractivity contribution in [3.63, 3.8) is 0 Å². The molecule has 3 heteroatoms. The van der Waals surface area contributed by atoms with E-state index in [4.69, 9.17) is 4.74 Å². The summed E-state index contributed by atoms with van der Waals surface area (Å²) in [5.41, 5.74) is 0.432. The number of ether oxygens (including phenoxy) is 1. The molecule has 0 spiro atoms. The largest absolute Gasteiger partial charge is 0.497 e. The van der Waals surface area contributed by atoms with E-state index in [0.29, 0.717) is 6.42 Å². The molecule has 0 fully saturated rings. The van der Waals surface area contributed by atoms with Crippen LogP contribution in [0.4, 0.5) is 0 Å². The summed E-state index contributed by atoms with van der Waals surface area (Å²) in [6.45, 7) is 3.96. The molecule has 0 heterocycles. The van der Waals surface area contributed by atoms with Crippen LogP contribution in [0, 0.1) is 0 Å². The number of methoxy groups -OCH3 is 1. The summed E-state index contributed by atoms with van der Waals surface area (Å²) in [6, 6.07) is 5.83. The highest BCUT2D eigenvalue weighted by molar-refractivity contribution is 9.10. The van der Waals surface area contributed by atoms with E-state index in [1.54, 1.807) is 7.11 Å². The molecule has 0 aliphatic carbocycles. The first-order valence-corrected chi connectivity index (χ1v) is 6.32. The van der Waals surface area contributed by atoms with Crippen molar-refractivity contribution < 1.29 is 9.84 Å². The molecule has 0 amide bonds. The molecule has 90 valence electrons. The second-order valence-electron chi connectivity index (χ2n) is 4.38. The van der Waals surface area contributed by atoms with Crippen molar-refractivity contribution in [1.82, 2.24) is 0 Å². The minimum absolute atomic E-state index is 0.638. The van der Waals surface area contributed by atoms with Crippen molar-refractivity contribution in [2.24, 2.45) is 0 Å². The SMILES string of the molecule is CCCC(C)(O)Cc1cc(OC)ccc1Br. The van der Waals surface area contributed by atoms with E-state index in [-0.39, 0.29) is 0 Å². The Bertz CT molecular complexity index is 348. The lowest BCUT2D eigenvalue weighted by Crippen LogP contribution is -2.26. The summed E-state index contributed by atoms with van der Waals surface area (Å²) < 4.78 is 6.20. The average molecular weight is 287 g/mol. The predicted octanol–water partition coefficient (Wildman–Crippen LogP) is 3.55. The van der Waals surface area contributed by atoms with Gasteiger partial charge >= 0.3 is 0 Å². The van der Waals surface area contributed by atoms with Gasteiger partial charge in [0.1, 0.15) is 5.75 Å².